The highest BCUT2D eigenvalue weighted by Crippen LogP contribution is 2.26. The van der Waals surface area contributed by atoms with Gasteiger partial charge in [-0.3, -0.25) is 4.98 Å². The van der Waals surface area contributed by atoms with Crippen molar-refractivity contribution in [1.29, 1.82) is 0 Å². The number of carbonyl (C=O) groups excluding carboxylic acids is 2. The molecule has 1 saturated heterocycles. The molecule has 3 rings (SSSR count). The number of carbonyl (C=O) groups is 2. The van der Waals surface area contributed by atoms with Gasteiger partial charge < -0.3 is 24.0 Å². The third-order valence-electron chi connectivity index (χ3n) is 4.34. The van der Waals surface area contributed by atoms with Crippen LogP contribution in [0.4, 0.5) is 9.93 Å². The number of rotatable bonds is 5. The minimum atomic E-state index is -0.569. The van der Waals surface area contributed by atoms with Gasteiger partial charge in [0.05, 0.1) is 19.3 Å². The highest BCUT2D eigenvalue weighted by atomic mass is 32.1. The fourth-order valence-corrected chi connectivity index (χ4v) is 3.85. The second kappa shape index (κ2) is 9.29. The lowest BCUT2D eigenvalue weighted by atomic mass is 10.2. The van der Waals surface area contributed by atoms with E-state index in [0.717, 1.165) is 0 Å². The average molecular weight is 435 g/mol. The topological polar surface area (TPSA) is 94.1 Å². The number of hydrogen-bond acceptors (Lipinski definition) is 9. The molecule has 162 valence electrons. The van der Waals surface area contributed by atoms with Crippen molar-refractivity contribution in [2.75, 3.05) is 38.3 Å². The van der Waals surface area contributed by atoms with E-state index in [1.165, 1.54) is 18.4 Å². The Morgan fingerprint density at radius 1 is 1.30 bits per heavy atom. The van der Waals surface area contributed by atoms with Crippen molar-refractivity contribution < 1.29 is 23.8 Å². The molecule has 0 radical (unpaired) electrons. The molecule has 0 spiro atoms. The molecule has 3 heterocycles. The Labute approximate surface area is 179 Å². The summed E-state index contributed by atoms with van der Waals surface area (Å²) in [6.07, 6.45) is 2.95. The first-order valence-corrected chi connectivity index (χ1v) is 10.5. The number of methoxy groups -OCH3 is 1. The number of pyridine rings is 1. The molecule has 0 saturated carbocycles. The van der Waals surface area contributed by atoms with E-state index >= 15 is 0 Å². The molecule has 0 bridgehead atoms. The SMILES string of the molecule is COC(=O)c1csc(N2CCN(C(=O)OC(C)(C)C)CC2COc2cccnc2)n1. The molecule has 1 atom stereocenters. The first-order valence-electron chi connectivity index (χ1n) is 9.58. The molecule has 1 unspecified atom stereocenters. The summed E-state index contributed by atoms with van der Waals surface area (Å²) < 4.78 is 16.2. The summed E-state index contributed by atoms with van der Waals surface area (Å²) in [5.74, 6) is 0.161. The fourth-order valence-electron chi connectivity index (χ4n) is 2.96. The summed E-state index contributed by atoms with van der Waals surface area (Å²) in [7, 11) is 1.32. The highest BCUT2D eigenvalue weighted by Gasteiger charge is 2.34. The van der Waals surface area contributed by atoms with Crippen molar-refractivity contribution in [1.82, 2.24) is 14.9 Å². The number of hydrogen-bond donors (Lipinski definition) is 0. The van der Waals surface area contributed by atoms with E-state index < -0.39 is 11.6 Å². The number of aromatic nitrogens is 2. The Bertz CT molecular complexity index is 868. The predicted octanol–water partition coefficient (Wildman–Crippen LogP) is 2.83. The quantitative estimate of drug-likeness (QED) is 0.663. The Morgan fingerprint density at radius 2 is 2.10 bits per heavy atom. The maximum absolute atomic E-state index is 12.6. The van der Waals surface area contributed by atoms with Crippen LogP contribution in [-0.4, -0.2) is 71.9 Å². The molecular weight excluding hydrogens is 408 g/mol. The van der Waals surface area contributed by atoms with E-state index in [-0.39, 0.29) is 17.8 Å². The Kier molecular flexibility index (Phi) is 6.76. The van der Waals surface area contributed by atoms with Gasteiger partial charge in [0.25, 0.3) is 0 Å². The molecule has 9 nitrogen and oxygen atoms in total. The maximum atomic E-state index is 12.6. The van der Waals surface area contributed by atoms with Crippen LogP contribution in [0, 0.1) is 0 Å². The minimum absolute atomic E-state index is 0.178. The van der Waals surface area contributed by atoms with Crippen LogP contribution < -0.4 is 9.64 Å². The Balaban J connectivity index is 1.76. The molecule has 1 fully saturated rings. The van der Waals surface area contributed by atoms with Gasteiger partial charge in [0.15, 0.2) is 10.8 Å². The smallest absolute Gasteiger partial charge is 0.410 e. The largest absolute Gasteiger partial charge is 0.490 e. The van der Waals surface area contributed by atoms with Gasteiger partial charge in [-0.15, -0.1) is 11.3 Å². The summed E-state index contributed by atoms with van der Waals surface area (Å²) in [5.41, 5.74) is -0.306. The lowest BCUT2D eigenvalue weighted by molar-refractivity contribution is 0.0201. The van der Waals surface area contributed by atoms with Crippen LogP contribution in [0.1, 0.15) is 31.3 Å². The molecular formula is C20H26N4O5S. The number of nitrogens with zero attached hydrogens (tertiary/aromatic N) is 4. The van der Waals surface area contributed by atoms with Crippen molar-refractivity contribution in [3.05, 3.63) is 35.6 Å². The standard InChI is InChI=1S/C20H26N4O5S/c1-20(2,3)29-19(26)23-8-9-24(18-22-16(13-30-18)17(25)27-4)14(11-23)12-28-15-6-5-7-21-10-15/h5-7,10,13-14H,8-9,11-12H2,1-4H3. The second-order valence-corrected chi connectivity index (χ2v) is 8.62. The van der Waals surface area contributed by atoms with Gasteiger partial charge in [-0.25, -0.2) is 14.6 Å². The summed E-state index contributed by atoms with van der Waals surface area (Å²) >= 11 is 1.36. The number of anilines is 1. The normalized spacial score (nSPS) is 16.9. The monoisotopic (exact) mass is 434 g/mol. The first kappa shape index (κ1) is 21.8. The molecule has 10 heteroatoms. The zero-order chi connectivity index (χ0) is 21.7. The predicted molar refractivity (Wildman–Crippen MR) is 112 cm³/mol. The van der Waals surface area contributed by atoms with Crippen molar-refractivity contribution >= 4 is 28.5 Å². The van der Waals surface area contributed by atoms with Crippen molar-refractivity contribution in [3.8, 4) is 5.75 Å². The van der Waals surface area contributed by atoms with Crippen molar-refractivity contribution in [3.63, 3.8) is 0 Å². The molecule has 2 aromatic heterocycles. The van der Waals surface area contributed by atoms with Crippen LogP contribution in [0.3, 0.4) is 0 Å². The molecule has 0 aliphatic carbocycles. The lowest BCUT2D eigenvalue weighted by Gasteiger charge is -2.41. The van der Waals surface area contributed by atoms with Crippen LogP contribution in [0.15, 0.2) is 29.9 Å². The van der Waals surface area contributed by atoms with Gasteiger partial charge in [-0.2, -0.15) is 0 Å². The maximum Gasteiger partial charge on any atom is 0.410 e. The first-order chi connectivity index (χ1) is 14.3. The summed E-state index contributed by atoms with van der Waals surface area (Å²) in [5, 5.41) is 2.35. The van der Waals surface area contributed by atoms with Gasteiger partial charge in [0, 0.05) is 31.2 Å². The van der Waals surface area contributed by atoms with E-state index in [9.17, 15) is 9.59 Å². The van der Waals surface area contributed by atoms with Gasteiger partial charge in [-0.05, 0) is 32.9 Å². The van der Waals surface area contributed by atoms with E-state index in [0.29, 0.717) is 37.1 Å². The minimum Gasteiger partial charge on any atom is -0.490 e. The Morgan fingerprint density at radius 3 is 2.77 bits per heavy atom. The highest BCUT2D eigenvalue weighted by molar-refractivity contribution is 7.13. The van der Waals surface area contributed by atoms with E-state index in [1.807, 2.05) is 31.7 Å². The van der Waals surface area contributed by atoms with Gasteiger partial charge in [-0.1, -0.05) is 0 Å². The zero-order valence-electron chi connectivity index (χ0n) is 17.5. The van der Waals surface area contributed by atoms with Crippen molar-refractivity contribution in [2.24, 2.45) is 0 Å². The number of esters is 1. The number of thiazole rings is 1. The van der Waals surface area contributed by atoms with Gasteiger partial charge in [0.1, 0.15) is 18.0 Å². The molecule has 0 N–H and O–H groups in total. The molecule has 1 aliphatic heterocycles. The van der Waals surface area contributed by atoms with E-state index in [1.54, 1.807) is 28.7 Å². The third-order valence-corrected chi connectivity index (χ3v) is 5.22. The number of ether oxygens (including phenoxy) is 3. The summed E-state index contributed by atoms with van der Waals surface area (Å²) in [6.45, 7) is 7.26. The number of piperazine rings is 1. The van der Waals surface area contributed by atoms with Crippen LogP contribution in [0.2, 0.25) is 0 Å². The summed E-state index contributed by atoms with van der Waals surface area (Å²) in [6, 6.07) is 3.44. The lowest BCUT2D eigenvalue weighted by Crippen LogP contribution is -2.57. The molecule has 1 aliphatic rings. The van der Waals surface area contributed by atoms with E-state index in [4.69, 9.17) is 14.2 Å². The Hall–Kier alpha value is -2.88. The number of amides is 1. The van der Waals surface area contributed by atoms with Gasteiger partial charge in [0.2, 0.25) is 0 Å². The second-order valence-electron chi connectivity index (χ2n) is 7.78. The van der Waals surface area contributed by atoms with Crippen LogP contribution >= 0.6 is 11.3 Å². The molecule has 1 amide bonds. The third kappa shape index (κ3) is 5.59. The van der Waals surface area contributed by atoms with Crippen molar-refractivity contribution in [2.45, 2.75) is 32.4 Å². The molecule has 2 aromatic rings. The summed E-state index contributed by atoms with van der Waals surface area (Å²) in [4.78, 5) is 36.5. The van der Waals surface area contributed by atoms with Gasteiger partial charge >= 0.3 is 12.1 Å². The van der Waals surface area contributed by atoms with Crippen LogP contribution in [0.5, 0.6) is 5.75 Å². The van der Waals surface area contributed by atoms with Crippen LogP contribution in [-0.2, 0) is 9.47 Å². The average Bonchev–Trinajstić information content (AvgIpc) is 3.21. The van der Waals surface area contributed by atoms with Crippen LogP contribution in [0.25, 0.3) is 0 Å². The fraction of sp³-hybridized carbons (Fsp3) is 0.500. The molecule has 30 heavy (non-hydrogen) atoms. The zero-order valence-corrected chi connectivity index (χ0v) is 18.3. The molecule has 0 aromatic carbocycles. The van der Waals surface area contributed by atoms with E-state index in [2.05, 4.69) is 9.97 Å².